The Bertz CT molecular complexity index is 700. The van der Waals surface area contributed by atoms with Gasteiger partial charge in [-0.25, -0.2) is 14.6 Å². The highest BCUT2D eigenvalue weighted by Gasteiger charge is 2.27. The van der Waals surface area contributed by atoms with E-state index in [2.05, 4.69) is 14.5 Å². The molecule has 0 N–H and O–H groups in total. The molecule has 114 valence electrons. The fourth-order valence-electron chi connectivity index (χ4n) is 1.64. The Morgan fingerprint density at radius 1 is 1.14 bits per heavy atom. The van der Waals surface area contributed by atoms with Crippen molar-refractivity contribution in [2.24, 2.45) is 0 Å². The number of nitrogens with zero attached hydrogens (tertiary/aromatic N) is 2. The molecule has 22 heavy (non-hydrogen) atoms. The van der Waals surface area contributed by atoms with Crippen molar-refractivity contribution in [2.75, 3.05) is 14.2 Å². The van der Waals surface area contributed by atoms with E-state index in [0.717, 1.165) is 14.2 Å². The van der Waals surface area contributed by atoms with Gasteiger partial charge in [-0.05, 0) is 12.1 Å². The Hall–Kier alpha value is -3.23. The first-order valence-electron chi connectivity index (χ1n) is 5.90. The zero-order chi connectivity index (χ0) is 16.3. The van der Waals surface area contributed by atoms with Crippen LogP contribution < -0.4 is 0 Å². The summed E-state index contributed by atoms with van der Waals surface area (Å²) in [6.45, 7) is 0. The minimum atomic E-state index is -0.888. The second-order valence-corrected chi connectivity index (χ2v) is 3.98. The van der Waals surface area contributed by atoms with Crippen LogP contribution in [0.25, 0.3) is 11.5 Å². The van der Waals surface area contributed by atoms with Gasteiger partial charge in [-0.1, -0.05) is 0 Å². The molecule has 0 spiro atoms. The maximum absolute atomic E-state index is 11.6. The van der Waals surface area contributed by atoms with Crippen LogP contribution in [0.3, 0.4) is 0 Å². The molecule has 1 aromatic heterocycles. The van der Waals surface area contributed by atoms with Crippen molar-refractivity contribution in [3.05, 3.63) is 45.8 Å². The highest BCUT2D eigenvalue weighted by atomic mass is 16.6. The first-order valence-corrected chi connectivity index (χ1v) is 5.90. The van der Waals surface area contributed by atoms with Crippen molar-refractivity contribution in [1.29, 1.82) is 0 Å². The molecule has 0 fully saturated rings. The van der Waals surface area contributed by atoms with Gasteiger partial charge in [0.15, 0.2) is 0 Å². The maximum atomic E-state index is 11.6. The molecule has 2 aromatic rings. The molecule has 0 aliphatic carbocycles. The van der Waals surface area contributed by atoms with Gasteiger partial charge in [0.2, 0.25) is 17.3 Å². The Morgan fingerprint density at radius 3 is 2.23 bits per heavy atom. The van der Waals surface area contributed by atoms with E-state index in [1.807, 2.05) is 0 Å². The lowest BCUT2D eigenvalue weighted by Gasteiger charge is -1.96. The van der Waals surface area contributed by atoms with Crippen LogP contribution in [0.15, 0.2) is 28.7 Å². The summed E-state index contributed by atoms with van der Waals surface area (Å²) in [5.74, 6) is -2.21. The van der Waals surface area contributed by atoms with Crippen LogP contribution in [-0.4, -0.2) is 36.1 Å². The third-order valence-corrected chi connectivity index (χ3v) is 2.70. The maximum Gasteiger partial charge on any atom is 0.376 e. The standard InChI is InChI=1S/C13H10N2O7/c1-20-12(16)9-10(13(17)21-2)22-11(14-9)7-3-5-8(6-4-7)15(18)19/h3-6H,1-2H3. The second-order valence-electron chi connectivity index (χ2n) is 3.98. The molecular formula is C13H10N2O7. The molecule has 1 heterocycles. The fraction of sp³-hybridized carbons (Fsp3) is 0.154. The van der Waals surface area contributed by atoms with Crippen molar-refractivity contribution in [3.8, 4) is 11.5 Å². The number of methoxy groups -OCH3 is 2. The van der Waals surface area contributed by atoms with Gasteiger partial charge in [0, 0.05) is 17.7 Å². The molecule has 1 aromatic carbocycles. The quantitative estimate of drug-likeness (QED) is 0.476. The largest absolute Gasteiger partial charge is 0.464 e. The second kappa shape index (κ2) is 6.04. The molecule has 0 atom stereocenters. The summed E-state index contributed by atoms with van der Waals surface area (Å²) in [4.78, 5) is 37.1. The van der Waals surface area contributed by atoms with Gasteiger partial charge in [0.05, 0.1) is 19.1 Å². The predicted octanol–water partition coefficient (Wildman–Crippen LogP) is 1.82. The van der Waals surface area contributed by atoms with Gasteiger partial charge in [-0.15, -0.1) is 0 Å². The molecule has 0 radical (unpaired) electrons. The van der Waals surface area contributed by atoms with Gasteiger partial charge in [-0.2, -0.15) is 0 Å². The number of carbonyl (C=O) groups excluding carboxylic acids is 2. The minimum Gasteiger partial charge on any atom is -0.464 e. The summed E-state index contributed by atoms with van der Waals surface area (Å²) in [6.07, 6.45) is 0. The number of esters is 2. The van der Waals surface area contributed by atoms with E-state index < -0.39 is 22.6 Å². The van der Waals surface area contributed by atoms with Gasteiger partial charge in [-0.3, -0.25) is 10.1 Å². The summed E-state index contributed by atoms with van der Waals surface area (Å²) in [5.41, 5.74) is -0.0923. The van der Waals surface area contributed by atoms with E-state index in [9.17, 15) is 19.7 Å². The van der Waals surface area contributed by atoms with E-state index in [4.69, 9.17) is 4.42 Å². The number of benzene rings is 1. The highest BCUT2D eigenvalue weighted by Crippen LogP contribution is 2.25. The monoisotopic (exact) mass is 306 g/mol. The van der Waals surface area contributed by atoms with Crippen molar-refractivity contribution in [1.82, 2.24) is 4.98 Å². The van der Waals surface area contributed by atoms with Crippen LogP contribution in [0.1, 0.15) is 21.0 Å². The molecule has 0 aliphatic heterocycles. The van der Waals surface area contributed by atoms with E-state index in [-0.39, 0.29) is 17.3 Å². The summed E-state index contributed by atoms with van der Waals surface area (Å²) in [6, 6.07) is 5.25. The molecule has 9 nitrogen and oxygen atoms in total. The van der Waals surface area contributed by atoms with Crippen LogP contribution >= 0.6 is 0 Å². The molecule has 9 heteroatoms. The normalized spacial score (nSPS) is 10.1. The zero-order valence-electron chi connectivity index (χ0n) is 11.6. The molecule has 0 aliphatic rings. The molecule has 0 saturated carbocycles. The average Bonchev–Trinajstić information content (AvgIpc) is 2.98. The number of nitro benzene ring substituents is 1. The number of rotatable bonds is 4. The Balaban J connectivity index is 2.47. The molecule has 0 saturated heterocycles. The van der Waals surface area contributed by atoms with Gasteiger partial charge in [0.1, 0.15) is 0 Å². The van der Waals surface area contributed by atoms with Crippen LogP contribution in [0, 0.1) is 10.1 Å². The molecule has 0 unspecified atom stereocenters. The number of aromatic nitrogens is 1. The highest BCUT2D eigenvalue weighted by molar-refractivity contribution is 6.00. The Labute approximate surface area is 123 Å². The van der Waals surface area contributed by atoms with Crippen molar-refractivity contribution < 1.29 is 28.4 Å². The zero-order valence-corrected chi connectivity index (χ0v) is 11.6. The number of non-ortho nitro benzene ring substituents is 1. The minimum absolute atomic E-state index is 0.0595. The van der Waals surface area contributed by atoms with E-state index in [1.54, 1.807) is 0 Å². The van der Waals surface area contributed by atoms with Crippen LogP contribution in [0.2, 0.25) is 0 Å². The number of oxazole rings is 1. The first kappa shape index (κ1) is 15.2. The Kier molecular flexibility index (Phi) is 4.16. The van der Waals surface area contributed by atoms with Gasteiger partial charge < -0.3 is 13.9 Å². The van der Waals surface area contributed by atoms with E-state index in [0.29, 0.717) is 5.56 Å². The van der Waals surface area contributed by atoms with Crippen LogP contribution in [-0.2, 0) is 9.47 Å². The van der Waals surface area contributed by atoms with Crippen molar-refractivity contribution in [3.63, 3.8) is 0 Å². The lowest BCUT2D eigenvalue weighted by molar-refractivity contribution is -0.384. The average molecular weight is 306 g/mol. The summed E-state index contributed by atoms with van der Waals surface area (Å²) < 4.78 is 14.2. The van der Waals surface area contributed by atoms with Crippen LogP contribution in [0.4, 0.5) is 5.69 Å². The number of hydrogen-bond donors (Lipinski definition) is 0. The topological polar surface area (TPSA) is 122 Å². The number of hydrogen-bond acceptors (Lipinski definition) is 8. The molecule has 0 bridgehead atoms. The lowest BCUT2D eigenvalue weighted by Crippen LogP contribution is -2.10. The first-order chi connectivity index (χ1) is 10.5. The van der Waals surface area contributed by atoms with Crippen molar-refractivity contribution in [2.45, 2.75) is 0 Å². The third kappa shape index (κ3) is 2.77. The summed E-state index contributed by atoms with van der Waals surface area (Å²) >= 11 is 0. The number of nitro groups is 1. The third-order valence-electron chi connectivity index (χ3n) is 2.70. The van der Waals surface area contributed by atoms with Crippen LogP contribution in [0.5, 0.6) is 0 Å². The Morgan fingerprint density at radius 2 is 1.73 bits per heavy atom. The summed E-state index contributed by atoms with van der Waals surface area (Å²) in [5, 5.41) is 10.6. The summed E-state index contributed by atoms with van der Waals surface area (Å²) in [7, 11) is 2.25. The van der Waals surface area contributed by atoms with Gasteiger partial charge in [0.25, 0.3) is 5.69 Å². The SMILES string of the molecule is COC(=O)c1nc(-c2ccc([N+](=O)[O-])cc2)oc1C(=O)OC. The van der Waals surface area contributed by atoms with E-state index >= 15 is 0 Å². The lowest BCUT2D eigenvalue weighted by atomic mass is 10.2. The molecule has 0 amide bonds. The molecule has 2 rings (SSSR count). The number of carbonyl (C=O) groups is 2. The van der Waals surface area contributed by atoms with Crippen molar-refractivity contribution >= 4 is 17.6 Å². The number of ether oxygens (including phenoxy) is 2. The fourth-order valence-corrected chi connectivity index (χ4v) is 1.64. The van der Waals surface area contributed by atoms with E-state index in [1.165, 1.54) is 24.3 Å². The van der Waals surface area contributed by atoms with Gasteiger partial charge >= 0.3 is 11.9 Å². The smallest absolute Gasteiger partial charge is 0.376 e. The molecular weight excluding hydrogens is 296 g/mol. The predicted molar refractivity (Wildman–Crippen MR) is 71.3 cm³/mol.